The molecule has 0 aliphatic carbocycles. The van der Waals surface area contributed by atoms with Crippen LogP contribution in [0.5, 0.6) is 11.5 Å². The van der Waals surface area contributed by atoms with Crippen molar-refractivity contribution in [3.8, 4) is 11.5 Å². The third-order valence-corrected chi connectivity index (χ3v) is 5.81. The summed E-state index contributed by atoms with van der Waals surface area (Å²) in [6, 6.07) is 11.7. The third-order valence-electron chi connectivity index (χ3n) is 4.87. The van der Waals surface area contributed by atoms with Crippen LogP contribution in [-0.4, -0.2) is 29.0 Å². The van der Waals surface area contributed by atoms with Gasteiger partial charge in [0.15, 0.2) is 17.2 Å². The molecule has 1 unspecified atom stereocenters. The molecule has 0 bridgehead atoms. The molecule has 144 valence electrons. The number of fused-ring (bicyclic) bond motifs is 2. The second-order valence-electron chi connectivity index (χ2n) is 6.70. The number of hydrogen-bond acceptors (Lipinski definition) is 6. The van der Waals surface area contributed by atoms with E-state index in [1.165, 1.54) is 4.88 Å². The van der Waals surface area contributed by atoms with E-state index in [4.69, 9.17) is 14.2 Å². The Hall–Kier alpha value is -2.84. The number of amides is 1. The molecule has 2 aromatic heterocycles. The molecular formula is C20H19N3O4S. The molecule has 2 aliphatic heterocycles. The second-order valence-corrected chi connectivity index (χ2v) is 7.73. The topological polar surface area (TPSA) is 74.6 Å². The van der Waals surface area contributed by atoms with Crippen LogP contribution in [0.25, 0.3) is 0 Å². The standard InChI is InChI=1S/C20H19N3O4S/c24-20(21-6-5-15-2-1-7-28-15)16-9-14-11-25-19(10-23(14)22-16)13-3-4-17-18(8-13)27-12-26-17/h1-4,7-9,19H,5-6,10-12H2,(H,21,24). The van der Waals surface area contributed by atoms with Gasteiger partial charge in [-0.25, -0.2) is 0 Å². The lowest BCUT2D eigenvalue weighted by Crippen LogP contribution is -2.26. The lowest BCUT2D eigenvalue weighted by Gasteiger charge is -2.24. The Labute approximate surface area is 165 Å². The van der Waals surface area contributed by atoms with Crippen LogP contribution in [0.1, 0.15) is 32.7 Å². The van der Waals surface area contributed by atoms with Gasteiger partial charge < -0.3 is 19.5 Å². The van der Waals surface area contributed by atoms with Gasteiger partial charge in [-0.2, -0.15) is 5.10 Å². The minimum atomic E-state index is -0.155. The molecule has 4 heterocycles. The number of ether oxygens (including phenoxy) is 3. The maximum Gasteiger partial charge on any atom is 0.271 e. The molecule has 7 nitrogen and oxygen atoms in total. The molecule has 0 spiro atoms. The zero-order chi connectivity index (χ0) is 18.9. The first kappa shape index (κ1) is 17.3. The van der Waals surface area contributed by atoms with Gasteiger partial charge in [-0.3, -0.25) is 9.48 Å². The van der Waals surface area contributed by atoms with Crippen molar-refractivity contribution in [1.29, 1.82) is 0 Å². The van der Waals surface area contributed by atoms with E-state index in [0.29, 0.717) is 25.4 Å². The molecular weight excluding hydrogens is 378 g/mol. The number of nitrogens with zero attached hydrogens (tertiary/aromatic N) is 2. The van der Waals surface area contributed by atoms with E-state index in [1.54, 1.807) is 17.4 Å². The van der Waals surface area contributed by atoms with E-state index >= 15 is 0 Å². The molecule has 0 saturated carbocycles. The average Bonchev–Trinajstić information content (AvgIpc) is 3.46. The maximum absolute atomic E-state index is 12.4. The van der Waals surface area contributed by atoms with Crippen molar-refractivity contribution in [1.82, 2.24) is 15.1 Å². The lowest BCUT2D eigenvalue weighted by atomic mass is 10.1. The summed E-state index contributed by atoms with van der Waals surface area (Å²) < 4.78 is 18.6. The highest BCUT2D eigenvalue weighted by Crippen LogP contribution is 2.36. The molecule has 28 heavy (non-hydrogen) atoms. The summed E-state index contributed by atoms with van der Waals surface area (Å²) in [4.78, 5) is 13.7. The number of nitrogens with one attached hydrogen (secondary N) is 1. The molecule has 0 saturated heterocycles. The summed E-state index contributed by atoms with van der Waals surface area (Å²) in [5.41, 5.74) is 2.34. The zero-order valence-electron chi connectivity index (χ0n) is 15.1. The fourth-order valence-electron chi connectivity index (χ4n) is 3.40. The first-order chi connectivity index (χ1) is 13.8. The van der Waals surface area contributed by atoms with Crippen molar-refractivity contribution in [3.05, 3.63) is 63.6 Å². The largest absolute Gasteiger partial charge is 0.454 e. The molecule has 5 rings (SSSR count). The molecule has 8 heteroatoms. The van der Waals surface area contributed by atoms with Gasteiger partial charge >= 0.3 is 0 Å². The van der Waals surface area contributed by atoms with Crippen LogP contribution in [0.15, 0.2) is 41.8 Å². The average molecular weight is 397 g/mol. The van der Waals surface area contributed by atoms with Gasteiger partial charge in [-0.05, 0) is 41.6 Å². The summed E-state index contributed by atoms with van der Waals surface area (Å²) in [5, 5.41) is 9.46. The second kappa shape index (κ2) is 7.29. The Morgan fingerprint density at radius 2 is 2.18 bits per heavy atom. The summed E-state index contributed by atoms with van der Waals surface area (Å²) in [7, 11) is 0. The minimum absolute atomic E-state index is 0.142. The molecule has 1 aromatic carbocycles. The van der Waals surface area contributed by atoms with Crippen LogP contribution in [0.3, 0.4) is 0 Å². The van der Waals surface area contributed by atoms with Crippen molar-refractivity contribution in [2.75, 3.05) is 13.3 Å². The Morgan fingerprint density at radius 3 is 3.07 bits per heavy atom. The lowest BCUT2D eigenvalue weighted by molar-refractivity contribution is -0.00128. The minimum Gasteiger partial charge on any atom is -0.454 e. The Balaban J connectivity index is 1.24. The molecule has 0 radical (unpaired) electrons. The number of benzene rings is 1. The van der Waals surface area contributed by atoms with E-state index in [2.05, 4.69) is 16.5 Å². The quantitative estimate of drug-likeness (QED) is 0.717. The third kappa shape index (κ3) is 3.36. The van der Waals surface area contributed by atoms with E-state index in [-0.39, 0.29) is 18.8 Å². The predicted octanol–water partition coefficient (Wildman–Crippen LogP) is 2.92. The Kier molecular flexibility index (Phi) is 4.50. The molecule has 1 atom stereocenters. The molecule has 1 amide bonds. The number of aromatic nitrogens is 2. The molecule has 1 N–H and O–H groups in total. The van der Waals surface area contributed by atoms with Crippen LogP contribution in [0.2, 0.25) is 0 Å². The van der Waals surface area contributed by atoms with E-state index in [0.717, 1.165) is 29.2 Å². The maximum atomic E-state index is 12.4. The highest BCUT2D eigenvalue weighted by atomic mass is 32.1. The van der Waals surface area contributed by atoms with Gasteiger partial charge in [-0.1, -0.05) is 12.1 Å². The Morgan fingerprint density at radius 1 is 1.25 bits per heavy atom. The van der Waals surface area contributed by atoms with Gasteiger partial charge in [0.2, 0.25) is 6.79 Å². The zero-order valence-corrected chi connectivity index (χ0v) is 15.9. The van der Waals surface area contributed by atoms with Crippen LogP contribution >= 0.6 is 11.3 Å². The van der Waals surface area contributed by atoms with E-state index < -0.39 is 0 Å². The van der Waals surface area contributed by atoms with E-state index in [1.807, 2.05) is 34.3 Å². The van der Waals surface area contributed by atoms with Crippen LogP contribution < -0.4 is 14.8 Å². The fourth-order valence-corrected chi connectivity index (χ4v) is 4.11. The van der Waals surface area contributed by atoms with Crippen LogP contribution in [-0.2, 0) is 24.3 Å². The molecule has 2 aliphatic rings. The number of carbonyl (C=O) groups is 1. The van der Waals surface area contributed by atoms with Crippen molar-refractivity contribution in [2.24, 2.45) is 0 Å². The summed E-state index contributed by atoms with van der Waals surface area (Å²) >= 11 is 1.69. The predicted molar refractivity (Wildman–Crippen MR) is 103 cm³/mol. The van der Waals surface area contributed by atoms with Gasteiger partial charge in [0, 0.05) is 11.4 Å². The SMILES string of the molecule is O=C(NCCc1cccs1)c1cc2n(n1)CC(c1ccc3c(c1)OCO3)OC2. The van der Waals surface area contributed by atoms with Gasteiger partial charge in [-0.15, -0.1) is 11.3 Å². The summed E-state index contributed by atoms with van der Waals surface area (Å²) in [6.45, 7) is 1.81. The smallest absolute Gasteiger partial charge is 0.271 e. The van der Waals surface area contributed by atoms with Crippen molar-refractivity contribution in [2.45, 2.75) is 25.7 Å². The first-order valence-electron chi connectivity index (χ1n) is 9.15. The van der Waals surface area contributed by atoms with Gasteiger partial charge in [0.05, 0.1) is 18.8 Å². The highest BCUT2D eigenvalue weighted by molar-refractivity contribution is 7.09. The Bertz CT molecular complexity index is 999. The molecule has 3 aromatic rings. The van der Waals surface area contributed by atoms with Crippen molar-refractivity contribution >= 4 is 17.2 Å². The summed E-state index contributed by atoms with van der Waals surface area (Å²) in [5.74, 6) is 1.33. The first-order valence-corrected chi connectivity index (χ1v) is 10.0. The van der Waals surface area contributed by atoms with Crippen molar-refractivity contribution in [3.63, 3.8) is 0 Å². The number of thiophene rings is 1. The number of rotatable bonds is 5. The van der Waals surface area contributed by atoms with Crippen LogP contribution in [0, 0.1) is 0 Å². The van der Waals surface area contributed by atoms with Crippen LogP contribution in [0.4, 0.5) is 0 Å². The van der Waals surface area contributed by atoms with Crippen molar-refractivity contribution < 1.29 is 19.0 Å². The normalized spacial score (nSPS) is 17.4. The molecule has 0 fully saturated rings. The monoisotopic (exact) mass is 397 g/mol. The summed E-state index contributed by atoms with van der Waals surface area (Å²) in [6.07, 6.45) is 0.684. The number of hydrogen-bond donors (Lipinski definition) is 1. The van der Waals surface area contributed by atoms with Gasteiger partial charge in [0.1, 0.15) is 6.10 Å². The van der Waals surface area contributed by atoms with E-state index in [9.17, 15) is 4.79 Å². The van der Waals surface area contributed by atoms with Gasteiger partial charge in [0.25, 0.3) is 5.91 Å². The number of carbonyl (C=O) groups excluding carboxylic acids is 1. The highest BCUT2D eigenvalue weighted by Gasteiger charge is 2.25. The fraction of sp³-hybridized carbons (Fsp3) is 0.300.